The lowest BCUT2D eigenvalue weighted by molar-refractivity contribution is -0.0496. The first-order chi connectivity index (χ1) is 16.9. The van der Waals surface area contributed by atoms with Crippen LogP contribution in [0.3, 0.4) is 0 Å². The van der Waals surface area contributed by atoms with Crippen LogP contribution in [0.2, 0.25) is 0 Å². The first-order valence-corrected chi connectivity index (χ1v) is 12.0. The van der Waals surface area contributed by atoms with Gasteiger partial charge in [0.25, 0.3) is 0 Å². The van der Waals surface area contributed by atoms with Crippen LogP contribution in [-0.2, 0) is 0 Å². The predicted octanol–water partition coefficient (Wildman–Crippen LogP) is 4.09. The number of ether oxygens (including phenoxy) is 1. The number of aromatic nitrogens is 5. The quantitative estimate of drug-likeness (QED) is 0.424. The summed E-state index contributed by atoms with van der Waals surface area (Å²) in [5.41, 5.74) is 1.81. The number of aryl methyl sites for hydroxylation is 1. The Balaban J connectivity index is 1.26. The lowest BCUT2D eigenvalue weighted by atomic mass is 10.2. The number of alkyl halides is 2. The Morgan fingerprint density at radius 3 is 2.77 bits per heavy atom. The summed E-state index contributed by atoms with van der Waals surface area (Å²) in [6.45, 7) is 0.963. The van der Waals surface area contributed by atoms with Gasteiger partial charge in [-0.05, 0) is 32.5 Å². The molecule has 2 aliphatic heterocycles. The summed E-state index contributed by atoms with van der Waals surface area (Å²) in [5, 5.41) is 3.74. The summed E-state index contributed by atoms with van der Waals surface area (Å²) < 4.78 is 31.0. The van der Waals surface area contributed by atoms with Crippen LogP contribution in [0, 0.1) is 6.92 Å². The predicted molar refractivity (Wildman–Crippen MR) is 129 cm³/mol. The molecule has 2 aliphatic rings. The van der Waals surface area contributed by atoms with E-state index in [1.807, 2.05) is 13.0 Å². The van der Waals surface area contributed by atoms with Gasteiger partial charge in [-0.3, -0.25) is 4.90 Å². The van der Waals surface area contributed by atoms with Crippen molar-refractivity contribution in [3.8, 4) is 16.5 Å². The highest BCUT2D eigenvalue weighted by molar-refractivity contribution is 7.21. The smallest absolute Gasteiger partial charge is 0.387 e. The molecule has 2 bridgehead atoms. The fraction of sp³-hybridized carbons (Fsp3) is 0.348. The molecular formula is C23H22F2N8OS. The maximum absolute atomic E-state index is 12.8. The number of piperazine rings is 1. The van der Waals surface area contributed by atoms with E-state index >= 15 is 0 Å². The van der Waals surface area contributed by atoms with E-state index in [1.165, 1.54) is 23.6 Å². The summed E-state index contributed by atoms with van der Waals surface area (Å²) in [6, 6.07) is 7.66. The molecule has 0 saturated carbocycles. The summed E-state index contributed by atoms with van der Waals surface area (Å²) in [5.74, 6) is 1.94. The molecule has 4 aromatic heterocycles. The van der Waals surface area contributed by atoms with Crippen molar-refractivity contribution in [2.45, 2.75) is 32.0 Å². The van der Waals surface area contributed by atoms with Gasteiger partial charge in [-0.15, -0.1) is 11.3 Å². The number of rotatable bonds is 6. The van der Waals surface area contributed by atoms with Crippen molar-refractivity contribution in [3.05, 3.63) is 42.4 Å². The Morgan fingerprint density at radius 2 is 2.00 bits per heavy atom. The Labute approximate surface area is 203 Å². The molecule has 1 N–H and O–H groups in total. The standard InChI is InChI=1S/C23H22F2N8OS/c1-12-6-19(31-23(28-12)33-11-13-7-14(33)10-32(13)2)30-18-8-15-17(9-27-18)35-21(29-15)20-16(34-22(24)25)4-3-5-26-20/h3-6,8-9,13-14,22H,7,10-11H2,1-2H3,(H,27,28,30,31)/t13-,14-/m0/s1. The van der Waals surface area contributed by atoms with Crippen LogP contribution < -0.4 is 15.0 Å². The number of fused-ring (bicyclic) bond motifs is 3. The molecule has 2 fully saturated rings. The summed E-state index contributed by atoms with van der Waals surface area (Å²) >= 11 is 1.31. The average Bonchev–Trinajstić information content (AvgIpc) is 3.52. The van der Waals surface area contributed by atoms with E-state index in [9.17, 15) is 8.78 Å². The molecule has 9 nitrogen and oxygen atoms in total. The third kappa shape index (κ3) is 4.23. The van der Waals surface area contributed by atoms with Crippen molar-refractivity contribution in [1.82, 2.24) is 29.8 Å². The van der Waals surface area contributed by atoms with Gasteiger partial charge < -0.3 is 15.0 Å². The topological polar surface area (TPSA) is 92.2 Å². The minimum Gasteiger partial charge on any atom is -0.432 e. The third-order valence-electron chi connectivity index (χ3n) is 6.33. The second kappa shape index (κ2) is 8.61. The molecule has 0 aromatic carbocycles. The largest absolute Gasteiger partial charge is 0.432 e. The number of likely N-dealkylation sites (N-methyl/N-ethyl adjacent to an activating group) is 1. The fourth-order valence-electron chi connectivity index (χ4n) is 4.73. The number of anilines is 3. The van der Waals surface area contributed by atoms with Gasteiger partial charge in [-0.2, -0.15) is 13.8 Å². The lowest BCUT2D eigenvalue weighted by Crippen LogP contribution is -2.45. The second-order valence-electron chi connectivity index (χ2n) is 8.74. The Kier molecular flexibility index (Phi) is 5.41. The Hall–Kier alpha value is -3.51. The highest BCUT2D eigenvalue weighted by Crippen LogP contribution is 2.36. The highest BCUT2D eigenvalue weighted by Gasteiger charge is 2.42. The van der Waals surface area contributed by atoms with Crippen molar-refractivity contribution < 1.29 is 13.5 Å². The molecule has 35 heavy (non-hydrogen) atoms. The van der Waals surface area contributed by atoms with Crippen molar-refractivity contribution in [2.75, 3.05) is 30.4 Å². The zero-order chi connectivity index (χ0) is 24.1. The SMILES string of the molecule is Cc1cc(Nc2cc3nc(-c4ncccc4OC(F)F)sc3cn2)nc(N2C[C@@H]3C[C@H]2CN3C)n1. The van der Waals surface area contributed by atoms with Crippen LogP contribution in [0.25, 0.3) is 20.9 Å². The molecule has 2 atom stereocenters. The van der Waals surface area contributed by atoms with Crippen molar-refractivity contribution in [3.63, 3.8) is 0 Å². The number of halogens is 2. The van der Waals surface area contributed by atoms with E-state index < -0.39 is 6.61 Å². The number of nitrogens with one attached hydrogen (secondary N) is 1. The molecule has 0 radical (unpaired) electrons. The fourth-order valence-corrected chi connectivity index (χ4v) is 5.65. The van der Waals surface area contributed by atoms with Crippen LogP contribution >= 0.6 is 11.3 Å². The minimum absolute atomic E-state index is 0.0151. The van der Waals surface area contributed by atoms with Crippen molar-refractivity contribution in [1.29, 1.82) is 0 Å². The van der Waals surface area contributed by atoms with Crippen molar-refractivity contribution >= 4 is 39.1 Å². The highest BCUT2D eigenvalue weighted by atomic mass is 32.1. The van der Waals surface area contributed by atoms with E-state index in [0.29, 0.717) is 34.2 Å². The molecule has 180 valence electrons. The van der Waals surface area contributed by atoms with Crippen LogP contribution in [0.4, 0.5) is 26.4 Å². The van der Waals surface area contributed by atoms with Gasteiger partial charge in [0, 0.05) is 55.4 Å². The summed E-state index contributed by atoms with van der Waals surface area (Å²) in [7, 11) is 2.16. The van der Waals surface area contributed by atoms with Crippen LogP contribution in [0.1, 0.15) is 12.1 Å². The normalized spacial score (nSPS) is 19.7. The first-order valence-electron chi connectivity index (χ1n) is 11.2. The van der Waals surface area contributed by atoms with E-state index in [4.69, 9.17) is 4.98 Å². The number of hydrogen-bond acceptors (Lipinski definition) is 10. The summed E-state index contributed by atoms with van der Waals surface area (Å²) in [4.78, 5) is 27.4. The molecule has 12 heteroatoms. The van der Waals surface area contributed by atoms with Gasteiger partial charge in [0.1, 0.15) is 22.3 Å². The van der Waals surface area contributed by atoms with Gasteiger partial charge >= 0.3 is 6.61 Å². The molecule has 4 aromatic rings. The first kappa shape index (κ1) is 22.0. The monoisotopic (exact) mass is 496 g/mol. The molecular weight excluding hydrogens is 474 g/mol. The minimum atomic E-state index is -2.94. The maximum Gasteiger partial charge on any atom is 0.387 e. The second-order valence-corrected chi connectivity index (χ2v) is 9.77. The maximum atomic E-state index is 12.8. The lowest BCUT2D eigenvalue weighted by Gasteiger charge is -2.32. The average molecular weight is 497 g/mol. The van der Waals surface area contributed by atoms with Gasteiger partial charge in [-0.1, -0.05) is 0 Å². The van der Waals surface area contributed by atoms with Crippen LogP contribution in [-0.4, -0.2) is 68.7 Å². The van der Waals surface area contributed by atoms with Crippen LogP contribution in [0.15, 0.2) is 36.7 Å². The van der Waals surface area contributed by atoms with Gasteiger partial charge in [0.2, 0.25) is 5.95 Å². The van der Waals surface area contributed by atoms with Crippen LogP contribution in [0.5, 0.6) is 5.75 Å². The number of nitrogens with zero attached hydrogens (tertiary/aromatic N) is 7. The molecule has 0 amide bonds. The Morgan fingerprint density at radius 1 is 1.11 bits per heavy atom. The molecule has 0 aliphatic carbocycles. The zero-order valence-corrected chi connectivity index (χ0v) is 19.8. The summed E-state index contributed by atoms with van der Waals surface area (Å²) in [6.07, 6.45) is 4.35. The van der Waals surface area contributed by atoms with E-state index in [2.05, 4.69) is 46.8 Å². The van der Waals surface area contributed by atoms with E-state index in [0.717, 1.165) is 35.9 Å². The van der Waals surface area contributed by atoms with Gasteiger partial charge in [-0.25, -0.2) is 19.9 Å². The molecule has 6 rings (SSSR count). The molecule has 0 spiro atoms. The molecule has 0 unspecified atom stereocenters. The van der Waals surface area contributed by atoms with Gasteiger partial charge in [0.15, 0.2) is 5.75 Å². The molecule has 2 saturated heterocycles. The number of hydrogen-bond donors (Lipinski definition) is 1. The molecule has 6 heterocycles. The van der Waals surface area contributed by atoms with E-state index in [1.54, 1.807) is 18.3 Å². The van der Waals surface area contributed by atoms with Gasteiger partial charge in [0.05, 0.1) is 10.2 Å². The number of pyridine rings is 2. The third-order valence-corrected chi connectivity index (χ3v) is 7.35. The number of thiazole rings is 1. The Bertz CT molecular complexity index is 1400. The van der Waals surface area contributed by atoms with Crippen molar-refractivity contribution in [2.24, 2.45) is 0 Å². The van der Waals surface area contributed by atoms with E-state index in [-0.39, 0.29) is 11.4 Å². The number of likely N-dealkylation sites (tertiary alicyclic amines) is 1. The zero-order valence-electron chi connectivity index (χ0n) is 19.0.